The van der Waals surface area contributed by atoms with Crippen molar-refractivity contribution >= 4 is 11.4 Å². The second-order valence-electron chi connectivity index (χ2n) is 11.5. The van der Waals surface area contributed by atoms with E-state index in [9.17, 15) is 4.79 Å². The Morgan fingerprint density at radius 3 is 2.77 bits per heavy atom. The fourth-order valence-corrected chi connectivity index (χ4v) is 6.42. The number of hydrogen-bond donors (Lipinski definition) is 2. The minimum absolute atomic E-state index is 0.0792. The number of morpholine rings is 1. The van der Waals surface area contributed by atoms with Crippen LogP contribution in [0.4, 0.5) is 11.4 Å². The predicted octanol–water partition coefficient (Wildman–Crippen LogP) is 5.13. The van der Waals surface area contributed by atoms with Gasteiger partial charge in [-0.2, -0.15) is 0 Å². The molecule has 0 saturated carbocycles. The van der Waals surface area contributed by atoms with Crippen molar-refractivity contribution in [3.05, 3.63) is 106 Å². The standard InChI is InChI=1S/C34H37N5O4/c1-41-32-10-7-23(20-36-32)21-38-14-11-26(12-15-38)37-27-8-9-30-25(19-27)18-24-4-2-5-28(33(24)43-30)31-22-39(16-17-42-31)29-6-3-13-35-34(29)40/h2-10,13,19-20,26,31,37H,11-12,14-18,21-22H2,1H3,(H,35,40). The number of anilines is 2. The summed E-state index contributed by atoms with van der Waals surface area (Å²) in [5.41, 5.74) is 6.31. The fraction of sp³-hybridized carbons (Fsp3) is 0.353. The third kappa shape index (κ3) is 5.96. The van der Waals surface area contributed by atoms with Crippen molar-refractivity contribution in [3.8, 4) is 17.4 Å². The smallest absolute Gasteiger partial charge is 0.271 e. The van der Waals surface area contributed by atoms with Gasteiger partial charge in [0.15, 0.2) is 0 Å². The zero-order valence-corrected chi connectivity index (χ0v) is 24.4. The van der Waals surface area contributed by atoms with Gasteiger partial charge in [0.25, 0.3) is 5.56 Å². The van der Waals surface area contributed by atoms with Crippen LogP contribution in [0.2, 0.25) is 0 Å². The van der Waals surface area contributed by atoms with Crippen LogP contribution in [0.1, 0.15) is 41.2 Å². The number of likely N-dealkylation sites (tertiary alicyclic amines) is 1. The summed E-state index contributed by atoms with van der Waals surface area (Å²) in [4.78, 5) is 24.1. The Hall–Kier alpha value is -4.34. The molecule has 9 nitrogen and oxygen atoms in total. The molecule has 2 aromatic heterocycles. The van der Waals surface area contributed by atoms with Crippen molar-refractivity contribution < 1.29 is 14.2 Å². The van der Waals surface area contributed by atoms with E-state index >= 15 is 0 Å². The summed E-state index contributed by atoms with van der Waals surface area (Å²) in [6.07, 6.45) is 6.38. The van der Waals surface area contributed by atoms with E-state index in [4.69, 9.17) is 14.2 Å². The monoisotopic (exact) mass is 579 g/mol. The number of H-pyrrole nitrogens is 1. The minimum atomic E-state index is -0.183. The molecule has 222 valence electrons. The van der Waals surface area contributed by atoms with Crippen LogP contribution in [-0.2, 0) is 17.7 Å². The SMILES string of the molecule is COc1ccc(CN2CCC(Nc3ccc4c(c3)Cc3cccc(C5CN(c6ccc[nH]c6=O)CCO5)c3O4)CC2)cn1. The number of piperidine rings is 1. The molecule has 2 fully saturated rings. The molecule has 0 aliphatic carbocycles. The third-order valence-corrected chi connectivity index (χ3v) is 8.70. The molecule has 2 N–H and O–H groups in total. The van der Waals surface area contributed by atoms with Gasteiger partial charge in [0.2, 0.25) is 5.88 Å². The Labute approximate surface area is 251 Å². The average Bonchev–Trinajstić information content (AvgIpc) is 3.05. The Morgan fingerprint density at radius 1 is 1.05 bits per heavy atom. The molecule has 3 aliphatic rings. The van der Waals surface area contributed by atoms with Gasteiger partial charge in [-0.05, 0) is 54.3 Å². The Kier molecular flexibility index (Phi) is 7.74. The number of nitrogens with zero attached hydrogens (tertiary/aromatic N) is 3. The van der Waals surface area contributed by atoms with Gasteiger partial charge in [-0.1, -0.05) is 24.3 Å². The summed E-state index contributed by atoms with van der Waals surface area (Å²) in [6.45, 7) is 4.83. The van der Waals surface area contributed by atoms with Crippen LogP contribution in [0.15, 0.2) is 77.9 Å². The highest BCUT2D eigenvalue weighted by atomic mass is 16.5. The molecule has 0 radical (unpaired) electrons. The third-order valence-electron chi connectivity index (χ3n) is 8.70. The average molecular weight is 580 g/mol. The molecule has 1 unspecified atom stereocenters. The number of aromatic amines is 1. The minimum Gasteiger partial charge on any atom is -0.481 e. The zero-order valence-electron chi connectivity index (χ0n) is 24.4. The van der Waals surface area contributed by atoms with E-state index in [0.717, 1.165) is 67.2 Å². The van der Waals surface area contributed by atoms with Crippen LogP contribution >= 0.6 is 0 Å². The van der Waals surface area contributed by atoms with Gasteiger partial charge in [-0.25, -0.2) is 4.98 Å². The predicted molar refractivity (Wildman–Crippen MR) is 166 cm³/mol. The second kappa shape index (κ2) is 12.1. The number of pyridine rings is 2. The number of methoxy groups -OCH3 is 1. The lowest BCUT2D eigenvalue weighted by molar-refractivity contribution is 0.0383. The van der Waals surface area contributed by atoms with Gasteiger partial charge >= 0.3 is 0 Å². The first-order chi connectivity index (χ1) is 21.1. The van der Waals surface area contributed by atoms with E-state index in [1.54, 1.807) is 13.3 Å². The number of aromatic nitrogens is 2. The lowest BCUT2D eigenvalue weighted by Crippen LogP contribution is -2.41. The molecule has 4 aromatic rings. The molecule has 1 atom stereocenters. The van der Waals surface area contributed by atoms with Crippen molar-refractivity contribution in [2.75, 3.05) is 50.1 Å². The van der Waals surface area contributed by atoms with E-state index in [0.29, 0.717) is 37.3 Å². The molecule has 0 amide bonds. The maximum absolute atomic E-state index is 12.4. The lowest BCUT2D eigenvalue weighted by Gasteiger charge is -2.35. The fourth-order valence-electron chi connectivity index (χ4n) is 6.42. The summed E-state index contributed by atoms with van der Waals surface area (Å²) >= 11 is 0. The molecule has 3 aliphatic heterocycles. The van der Waals surface area contributed by atoms with Crippen LogP contribution in [0.3, 0.4) is 0 Å². The number of nitrogens with one attached hydrogen (secondary N) is 2. The highest BCUT2D eigenvalue weighted by molar-refractivity contribution is 5.59. The molecule has 2 saturated heterocycles. The van der Waals surface area contributed by atoms with Crippen LogP contribution in [0, 0.1) is 0 Å². The summed E-state index contributed by atoms with van der Waals surface area (Å²) < 4.78 is 17.9. The maximum atomic E-state index is 12.4. The number of rotatable bonds is 7. The van der Waals surface area contributed by atoms with Gasteiger partial charge in [0.05, 0.1) is 13.7 Å². The van der Waals surface area contributed by atoms with E-state index in [1.807, 2.05) is 24.4 Å². The Morgan fingerprint density at radius 2 is 1.95 bits per heavy atom. The molecule has 0 bridgehead atoms. The first-order valence-electron chi connectivity index (χ1n) is 15.1. The van der Waals surface area contributed by atoms with E-state index < -0.39 is 0 Å². The molecule has 0 spiro atoms. The van der Waals surface area contributed by atoms with Gasteiger partial charge in [0, 0.05) is 80.5 Å². The molecule has 43 heavy (non-hydrogen) atoms. The Bertz CT molecular complexity index is 1630. The van der Waals surface area contributed by atoms with Crippen LogP contribution in [0.5, 0.6) is 17.4 Å². The van der Waals surface area contributed by atoms with Gasteiger partial charge < -0.3 is 29.4 Å². The molecule has 5 heterocycles. The highest BCUT2D eigenvalue weighted by Crippen LogP contribution is 2.43. The molecular weight excluding hydrogens is 542 g/mol. The maximum Gasteiger partial charge on any atom is 0.271 e. The van der Waals surface area contributed by atoms with Crippen LogP contribution < -0.4 is 25.2 Å². The van der Waals surface area contributed by atoms with E-state index in [1.165, 1.54) is 11.1 Å². The molecule has 2 aromatic carbocycles. The van der Waals surface area contributed by atoms with Gasteiger partial charge in [0.1, 0.15) is 23.3 Å². The van der Waals surface area contributed by atoms with E-state index in [-0.39, 0.29) is 11.7 Å². The van der Waals surface area contributed by atoms with E-state index in [2.05, 4.69) is 67.5 Å². The molecular formula is C34H37N5O4. The van der Waals surface area contributed by atoms with Crippen LogP contribution in [0.25, 0.3) is 0 Å². The van der Waals surface area contributed by atoms with Crippen LogP contribution in [-0.4, -0.2) is 60.8 Å². The summed E-state index contributed by atoms with van der Waals surface area (Å²) in [5.74, 6) is 2.42. The number of fused-ring (bicyclic) bond motifs is 2. The number of hydrogen-bond acceptors (Lipinski definition) is 8. The van der Waals surface area contributed by atoms with Crippen molar-refractivity contribution in [1.29, 1.82) is 0 Å². The zero-order chi connectivity index (χ0) is 29.2. The van der Waals surface area contributed by atoms with Crippen molar-refractivity contribution in [2.24, 2.45) is 0 Å². The summed E-state index contributed by atoms with van der Waals surface area (Å²) in [6, 6.07) is 20.9. The van der Waals surface area contributed by atoms with Crippen molar-refractivity contribution in [3.63, 3.8) is 0 Å². The van der Waals surface area contributed by atoms with Gasteiger partial charge in [-0.15, -0.1) is 0 Å². The highest BCUT2D eigenvalue weighted by Gasteiger charge is 2.29. The topological polar surface area (TPSA) is 92.0 Å². The normalized spacial score (nSPS) is 18.8. The lowest BCUT2D eigenvalue weighted by atomic mass is 9.95. The first-order valence-corrected chi connectivity index (χ1v) is 15.1. The molecule has 7 rings (SSSR count). The van der Waals surface area contributed by atoms with Crippen molar-refractivity contribution in [2.45, 2.75) is 38.0 Å². The summed E-state index contributed by atoms with van der Waals surface area (Å²) in [7, 11) is 1.64. The second-order valence-corrected chi connectivity index (χ2v) is 11.5. The quantitative estimate of drug-likeness (QED) is 0.274. The number of para-hydroxylation sites is 1. The van der Waals surface area contributed by atoms with Gasteiger partial charge in [-0.3, -0.25) is 9.69 Å². The largest absolute Gasteiger partial charge is 0.481 e. The number of benzene rings is 2. The van der Waals surface area contributed by atoms with Crippen molar-refractivity contribution in [1.82, 2.24) is 14.9 Å². The summed E-state index contributed by atoms with van der Waals surface area (Å²) in [5, 5.41) is 3.78. The Balaban J connectivity index is 0.988. The first kappa shape index (κ1) is 27.5. The number of ether oxygens (including phenoxy) is 3. The molecule has 9 heteroatoms.